The van der Waals surface area contributed by atoms with Crippen molar-refractivity contribution in [2.24, 2.45) is 0 Å². The van der Waals surface area contributed by atoms with Gasteiger partial charge in [-0.05, 0) is 12.1 Å². The lowest BCUT2D eigenvalue weighted by atomic mass is 10.2. The molecule has 0 saturated heterocycles. The van der Waals surface area contributed by atoms with E-state index in [0.717, 1.165) is 6.07 Å². The van der Waals surface area contributed by atoms with Gasteiger partial charge in [0.15, 0.2) is 0 Å². The highest BCUT2D eigenvalue weighted by Gasteiger charge is 2.14. The second-order valence-electron chi connectivity index (χ2n) is 2.38. The summed E-state index contributed by atoms with van der Waals surface area (Å²) in [5.41, 5.74) is 1.40. The van der Waals surface area contributed by atoms with Gasteiger partial charge in [0.1, 0.15) is 11.6 Å². The number of carbonyl (C=O) groups is 1. The van der Waals surface area contributed by atoms with E-state index in [0.29, 0.717) is 6.07 Å². The Balaban J connectivity index is 3.09. The van der Waals surface area contributed by atoms with Gasteiger partial charge in [0, 0.05) is 0 Å². The topological polar surface area (TPSA) is 38.3 Å². The molecule has 1 aromatic carbocycles. The molecular weight excluding hydrogens is 216 g/mol. The zero-order valence-corrected chi connectivity index (χ0v) is 7.86. The van der Waals surface area contributed by atoms with Crippen LogP contribution in [0.4, 0.5) is 8.78 Å². The monoisotopic (exact) mass is 221 g/mol. The number of rotatable bonds is 2. The Morgan fingerprint density at radius 3 is 2.64 bits per heavy atom. The molecule has 14 heavy (non-hydrogen) atoms. The second kappa shape index (κ2) is 4.34. The Hall–Kier alpha value is -1.20. The van der Waals surface area contributed by atoms with E-state index in [1.807, 2.05) is 5.48 Å². The fourth-order valence-corrected chi connectivity index (χ4v) is 0.995. The van der Waals surface area contributed by atoms with E-state index in [1.54, 1.807) is 0 Å². The summed E-state index contributed by atoms with van der Waals surface area (Å²) in [7, 11) is 1.18. The molecule has 1 N–H and O–H groups in total. The fraction of sp³-hybridized carbons (Fsp3) is 0.125. The standard InChI is InChI=1S/C8H6ClF2NO2/c1-14-12-8(13)4-2-7(11)5(9)3-6(4)10/h2-3H,1H3,(H,12,13). The molecule has 1 amide bonds. The van der Waals surface area contributed by atoms with Crippen molar-refractivity contribution in [2.45, 2.75) is 0 Å². The Kier molecular flexibility index (Phi) is 3.38. The molecule has 0 unspecified atom stereocenters. The number of carbonyl (C=O) groups excluding carboxylic acids is 1. The van der Waals surface area contributed by atoms with Crippen LogP contribution in [0.5, 0.6) is 0 Å². The number of benzene rings is 1. The minimum absolute atomic E-state index is 0.378. The first-order valence-electron chi connectivity index (χ1n) is 3.54. The SMILES string of the molecule is CONC(=O)c1cc(F)c(Cl)cc1F. The van der Waals surface area contributed by atoms with Crippen LogP contribution in [0.2, 0.25) is 5.02 Å². The normalized spacial score (nSPS) is 10.0. The maximum atomic E-state index is 13.0. The maximum absolute atomic E-state index is 13.0. The van der Waals surface area contributed by atoms with Crippen LogP contribution >= 0.6 is 11.6 Å². The molecule has 0 spiro atoms. The minimum Gasteiger partial charge on any atom is -0.277 e. The van der Waals surface area contributed by atoms with Crippen molar-refractivity contribution in [3.8, 4) is 0 Å². The van der Waals surface area contributed by atoms with E-state index >= 15 is 0 Å². The molecule has 0 aliphatic heterocycles. The van der Waals surface area contributed by atoms with Gasteiger partial charge in [0.05, 0.1) is 17.7 Å². The number of hydrogen-bond acceptors (Lipinski definition) is 2. The van der Waals surface area contributed by atoms with Crippen LogP contribution < -0.4 is 5.48 Å². The first kappa shape index (κ1) is 10.9. The molecule has 0 bridgehead atoms. The van der Waals surface area contributed by atoms with Crippen LogP contribution in [-0.4, -0.2) is 13.0 Å². The maximum Gasteiger partial charge on any atom is 0.277 e. The van der Waals surface area contributed by atoms with Gasteiger partial charge in [-0.3, -0.25) is 9.63 Å². The van der Waals surface area contributed by atoms with E-state index in [4.69, 9.17) is 11.6 Å². The molecule has 0 fully saturated rings. The minimum atomic E-state index is -0.911. The lowest BCUT2D eigenvalue weighted by molar-refractivity contribution is 0.0533. The lowest BCUT2D eigenvalue weighted by Crippen LogP contribution is -2.23. The van der Waals surface area contributed by atoms with Crippen molar-refractivity contribution in [3.05, 3.63) is 34.4 Å². The third-order valence-corrected chi connectivity index (χ3v) is 1.74. The van der Waals surface area contributed by atoms with Crippen LogP contribution in [0.25, 0.3) is 0 Å². The highest BCUT2D eigenvalue weighted by Crippen LogP contribution is 2.19. The molecule has 6 heteroatoms. The second-order valence-corrected chi connectivity index (χ2v) is 2.79. The summed E-state index contributed by atoms with van der Waals surface area (Å²) in [6.45, 7) is 0. The Morgan fingerprint density at radius 2 is 2.07 bits per heavy atom. The summed E-state index contributed by atoms with van der Waals surface area (Å²) >= 11 is 5.29. The number of hydroxylamine groups is 1. The summed E-state index contributed by atoms with van der Waals surface area (Å²) in [4.78, 5) is 15.3. The van der Waals surface area contributed by atoms with Crippen molar-refractivity contribution >= 4 is 17.5 Å². The molecule has 0 heterocycles. The van der Waals surface area contributed by atoms with Crippen molar-refractivity contribution in [1.29, 1.82) is 0 Å². The van der Waals surface area contributed by atoms with E-state index in [1.165, 1.54) is 7.11 Å². The number of nitrogens with one attached hydrogen (secondary N) is 1. The van der Waals surface area contributed by atoms with Gasteiger partial charge in [-0.15, -0.1) is 0 Å². The summed E-state index contributed by atoms with van der Waals surface area (Å²) < 4.78 is 25.9. The third-order valence-electron chi connectivity index (χ3n) is 1.45. The summed E-state index contributed by atoms with van der Waals surface area (Å²) in [5.74, 6) is -2.65. The van der Waals surface area contributed by atoms with E-state index in [9.17, 15) is 13.6 Å². The summed E-state index contributed by atoms with van der Waals surface area (Å²) in [5, 5.41) is -0.378. The van der Waals surface area contributed by atoms with Crippen LogP contribution in [0.15, 0.2) is 12.1 Å². The van der Waals surface area contributed by atoms with E-state index < -0.39 is 23.1 Å². The number of amides is 1. The van der Waals surface area contributed by atoms with Crippen LogP contribution in [-0.2, 0) is 4.84 Å². The number of halogens is 3. The van der Waals surface area contributed by atoms with Crippen molar-refractivity contribution in [2.75, 3.05) is 7.11 Å². The first-order valence-corrected chi connectivity index (χ1v) is 3.92. The molecule has 0 aromatic heterocycles. The Morgan fingerprint density at radius 1 is 1.43 bits per heavy atom. The van der Waals surface area contributed by atoms with Gasteiger partial charge in [0.25, 0.3) is 5.91 Å². The first-order chi connectivity index (χ1) is 6.56. The Labute approximate surface area is 83.6 Å². The van der Waals surface area contributed by atoms with E-state index in [2.05, 4.69) is 4.84 Å². The molecule has 76 valence electrons. The van der Waals surface area contributed by atoms with Gasteiger partial charge in [-0.1, -0.05) is 11.6 Å². The van der Waals surface area contributed by atoms with Crippen LogP contribution in [0.1, 0.15) is 10.4 Å². The summed E-state index contributed by atoms with van der Waals surface area (Å²) in [6, 6.07) is 1.42. The highest BCUT2D eigenvalue weighted by molar-refractivity contribution is 6.30. The predicted molar refractivity (Wildman–Crippen MR) is 45.8 cm³/mol. The van der Waals surface area contributed by atoms with E-state index in [-0.39, 0.29) is 5.02 Å². The van der Waals surface area contributed by atoms with Crippen molar-refractivity contribution in [1.82, 2.24) is 5.48 Å². The molecule has 0 radical (unpaired) electrons. The zero-order chi connectivity index (χ0) is 10.7. The van der Waals surface area contributed by atoms with Crippen molar-refractivity contribution < 1.29 is 18.4 Å². The van der Waals surface area contributed by atoms with Gasteiger partial charge in [-0.2, -0.15) is 0 Å². The highest BCUT2D eigenvalue weighted by atomic mass is 35.5. The smallest absolute Gasteiger partial charge is 0.277 e. The molecule has 0 atom stereocenters. The average molecular weight is 222 g/mol. The largest absolute Gasteiger partial charge is 0.277 e. The van der Waals surface area contributed by atoms with Crippen LogP contribution in [0, 0.1) is 11.6 Å². The Bertz CT molecular complexity index is 371. The van der Waals surface area contributed by atoms with Crippen LogP contribution in [0.3, 0.4) is 0 Å². The van der Waals surface area contributed by atoms with Gasteiger partial charge in [-0.25, -0.2) is 14.3 Å². The van der Waals surface area contributed by atoms with Gasteiger partial charge < -0.3 is 0 Å². The molecule has 3 nitrogen and oxygen atoms in total. The fourth-order valence-electron chi connectivity index (χ4n) is 0.844. The van der Waals surface area contributed by atoms with Gasteiger partial charge >= 0.3 is 0 Å². The number of hydrogen-bond donors (Lipinski definition) is 1. The molecule has 1 rings (SSSR count). The summed E-state index contributed by atoms with van der Waals surface area (Å²) in [6.07, 6.45) is 0. The molecule has 1 aromatic rings. The quantitative estimate of drug-likeness (QED) is 0.612. The molecule has 0 aliphatic rings. The molecular formula is C8H6ClF2NO2. The average Bonchev–Trinajstić information content (AvgIpc) is 2.11. The molecule has 0 aliphatic carbocycles. The predicted octanol–water partition coefficient (Wildman–Crippen LogP) is 1.91. The van der Waals surface area contributed by atoms with Crippen molar-refractivity contribution in [3.63, 3.8) is 0 Å². The molecule has 0 saturated carbocycles. The lowest BCUT2D eigenvalue weighted by Gasteiger charge is -2.04. The van der Waals surface area contributed by atoms with Gasteiger partial charge in [0.2, 0.25) is 0 Å². The zero-order valence-electron chi connectivity index (χ0n) is 7.11. The third kappa shape index (κ3) is 2.18.